The van der Waals surface area contributed by atoms with Crippen molar-refractivity contribution in [3.63, 3.8) is 0 Å². The molecule has 0 spiro atoms. The zero-order valence-electron chi connectivity index (χ0n) is 10.3. The fourth-order valence-corrected chi connectivity index (χ4v) is 2.11. The molecule has 0 unspecified atom stereocenters. The number of benzene rings is 2. The highest BCUT2D eigenvalue weighted by Crippen LogP contribution is 2.27. The van der Waals surface area contributed by atoms with Crippen LogP contribution in [0, 0.1) is 5.82 Å². The number of carbonyl (C=O) groups excluding carboxylic acids is 1. The first-order valence-corrected chi connectivity index (χ1v) is 5.85. The van der Waals surface area contributed by atoms with Gasteiger partial charge in [-0.2, -0.15) is 0 Å². The van der Waals surface area contributed by atoms with Crippen molar-refractivity contribution in [1.82, 2.24) is 9.55 Å². The largest absolute Gasteiger partial charge is 0.334 e. The normalized spacial score (nSPS) is 10.8. The molecule has 0 radical (unpaired) electrons. The molecule has 3 aromatic rings. The molecule has 1 aromatic heterocycles. The van der Waals surface area contributed by atoms with Crippen LogP contribution in [0.25, 0.3) is 22.2 Å². The molecule has 0 amide bonds. The lowest BCUT2D eigenvalue weighted by atomic mass is 10.0. The number of nitrogens with zero attached hydrogens (tertiary/aromatic N) is 2. The van der Waals surface area contributed by atoms with Gasteiger partial charge < -0.3 is 4.57 Å². The van der Waals surface area contributed by atoms with Gasteiger partial charge in [-0.1, -0.05) is 24.3 Å². The van der Waals surface area contributed by atoms with E-state index in [2.05, 4.69) is 4.98 Å². The minimum Gasteiger partial charge on any atom is -0.334 e. The SMILES string of the molecule is Cn1cnc2cc(-c3ccc(C=O)cc3)c(F)cc21. The summed E-state index contributed by atoms with van der Waals surface area (Å²) in [4.78, 5) is 14.8. The van der Waals surface area contributed by atoms with Crippen LogP contribution < -0.4 is 0 Å². The van der Waals surface area contributed by atoms with E-state index in [1.807, 2.05) is 7.05 Å². The summed E-state index contributed by atoms with van der Waals surface area (Å²) in [7, 11) is 1.83. The maximum absolute atomic E-state index is 14.1. The molecule has 0 bridgehead atoms. The Morgan fingerprint density at radius 2 is 1.95 bits per heavy atom. The average molecular weight is 254 g/mol. The predicted octanol–water partition coefficient (Wildman–Crippen LogP) is 3.19. The number of halogens is 1. The summed E-state index contributed by atoms with van der Waals surface area (Å²) in [6.07, 6.45) is 2.42. The molecule has 3 rings (SSSR count). The lowest BCUT2D eigenvalue weighted by Crippen LogP contribution is -1.89. The van der Waals surface area contributed by atoms with Gasteiger partial charge in [-0.05, 0) is 11.6 Å². The molecule has 1 heterocycles. The van der Waals surface area contributed by atoms with Crippen LogP contribution in [0.5, 0.6) is 0 Å². The maximum Gasteiger partial charge on any atom is 0.150 e. The van der Waals surface area contributed by atoms with Crippen LogP contribution in [0.4, 0.5) is 4.39 Å². The van der Waals surface area contributed by atoms with Gasteiger partial charge in [0, 0.05) is 24.2 Å². The van der Waals surface area contributed by atoms with Crippen molar-refractivity contribution < 1.29 is 9.18 Å². The molecule has 0 aliphatic rings. The van der Waals surface area contributed by atoms with Crippen molar-refractivity contribution in [3.05, 3.63) is 54.1 Å². The molecule has 0 atom stereocenters. The van der Waals surface area contributed by atoms with E-state index < -0.39 is 0 Å². The Balaban J connectivity index is 2.17. The van der Waals surface area contributed by atoms with Crippen LogP contribution in [0.15, 0.2) is 42.7 Å². The van der Waals surface area contributed by atoms with Gasteiger partial charge in [0.15, 0.2) is 0 Å². The number of hydrogen-bond acceptors (Lipinski definition) is 2. The Bertz CT molecular complexity index is 760. The molecule has 94 valence electrons. The lowest BCUT2D eigenvalue weighted by Gasteiger charge is -2.05. The number of hydrogen-bond donors (Lipinski definition) is 0. The predicted molar refractivity (Wildman–Crippen MR) is 71.5 cm³/mol. The van der Waals surface area contributed by atoms with Crippen molar-refractivity contribution in [2.75, 3.05) is 0 Å². The van der Waals surface area contributed by atoms with E-state index in [1.165, 1.54) is 6.07 Å². The Kier molecular flexibility index (Phi) is 2.63. The number of fused-ring (bicyclic) bond motifs is 1. The summed E-state index contributed by atoms with van der Waals surface area (Å²) in [5, 5.41) is 0. The molecule has 0 saturated carbocycles. The molecular formula is C15H11FN2O. The topological polar surface area (TPSA) is 34.9 Å². The molecule has 3 nitrogen and oxygen atoms in total. The first-order chi connectivity index (χ1) is 9.19. The van der Waals surface area contributed by atoms with Gasteiger partial charge in [0.1, 0.15) is 12.1 Å². The third-order valence-electron chi connectivity index (χ3n) is 3.17. The number of imidazole rings is 1. The first kappa shape index (κ1) is 11.6. The van der Waals surface area contributed by atoms with E-state index in [0.717, 1.165) is 22.9 Å². The van der Waals surface area contributed by atoms with E-state index in [1.54, 1.807) is 41.2 Å². The van der Waals surface area contributed by atoms with Crippen molar-refractivity contribution in [3.8, 4) is 11.1 Å². The summed E-state index contributed by atoms with van der Waals surface area (Å²) >= 11 is 0. The fraction of sp³-hybridized carbons (Fsp3) is 0.0667. The van der Waals surface area contributed by atoms with Crippen LogP contribution in [0.1, 0.15) is 10.4 Å². The molecule has 2 aromatic carbocycles. The molecule has 0 aliphatic carbocycles. The molecule has 0 saturated heterocycles. The highest BCUT2D eigenvalue weighted by atomic mass is 19.1. The maximum atomic E-state index is 14.1. The second-order valence-corrected chi connectivity index (χ2v) is 4.42. The second kappa shape index (κ2) is 4.31. The van der Waals surface area contributed by atoms with Gasteiger partial charge in [0.05, 0.1) is 17.4 Å². The number of rotatable bonds is 2. The number of carbonyl (C=O) groups is 1. The van der Waals surface area contributed by atoms with Crippen LogP contribution in [0.3, 0.4) is 0 Å². The third kappa shape index (κ3) is 1.91. The zero-order valence-corrected chi connectivity index (χ0v) is 10.3. The van der Waals surface area contributed by atoms with Crippen molar-refractivity contribution >= 4 is 17.3 Å². The smallest absolute Gasteiger partial charge is 0.150 e. The molecule has 19 heavy (non-hydrogen) atoms. The molecule has 0 N–H and O–H groups in total. The summed E-state index contributed by atoms with van der Waals surface area (Å²) in [5.74, 6) is -0.296. The molecular weight excluding hydrogens is 243 g/mol. The fourth-order valence-electron chi connectivity index (χ4n) is 2.11. The summed E-state index contributed by atoms with van der Waals surface area (Å²) < 4.78 is 15.9. The van der Waals surface area contributed by atoms with E-state index in [0.29, 0.717) is 11.1 Å². The van der Waals surface area contributed by atoms with E-state index in [4.69, 9.17) is 0 Å². The quantitative estimate of drug-likeness (QED) is 0.658. The first-order valence-electron chi connectivity index (χ1n) is 5.85. The lowest BCUT2D eigenvalue weighted by molar-refractivity contribution is 0.112. The monoisotopic (exact) mass is 254 g/mol. The minimum atomic E-state index is -0.296. The number of aromatic nitrogens is 2. The van der Waals surface area contributed by atoms with Gasteiger partial charge in [0.2, 0.25) is 0 Å². The second-order valence-electron chi connectivity index (χ2n) is 4.42. The van der Waals surface area contributed by atoms with E-state index in [9.17, 15) is 9.18 Å². The third-order valence-corrected chi connectivity index (χ3v) is 3.17. The highest BCUT2D eigenvalue weighted by Gasteiger charge is 2.09. The molecule has 0 aliphatic heterocycles. The Hall–Kier alpha value is -2.49. The van der Waals surface area contributed by atoms with Crippen LogP contribution >= 0.6 is 0 Å². The summed E-state index contributed by atoms with van der Waals surface area (Å²) in [6, 6.07) is 10.0. The number of aryl methyl sites for hydroxylation is 1. The molecule has 4 heteroatoms. The van der Waals surface area contributed by atoms with Gasteiger partial charge >= 0.3 is 0 Å². The average Bonchev–Trinajstić information content (AvgIpc) is 2.79. The zero-order chi connectivity index (χ0) is 13.4. The van der Waals surface area contributed by atoms with Gasteiger partial charge in [-0.3, -0.25) is 4.79 Å². The summed E-state index contributed by atoms with van der Waals surface area (Å²) in [5.41, 5.74) is 3.30. The minimum absolute atomic E-state index is 0.296. The van der Waals surface area contributed by atoms with Crippen LogP contribution in [0.2, 0.25) is 0 Å². The van der Waals surface area contributed by atoms with E-state index >= 15 is 0 Å². The Labute approximate surface area is 109 Å². The summed E-state index contributed by atoms with van der Waals surface area (Å²) in [6.45, 7) is 0. The van der Waals surface area contributed by atoms with Crippen LogP contribution in [-0.4, -0.2) is 15.8 Å². The van der Waals surface area contributed by atoms with Crippen LogP contribution in [-0.2, 0) is 7.05 Å². The van der Waals surface area contributed by atoms with Crippen molar-refractivity contribution in [2.45, 2.75) is 0 Å². The number of aldehydes is 1. The van der Waals surface area contributed by atoms with Gasteiger partial charge in [-0.15, -0.1) is 0 Å². The van der Waals surface area contributed by atoms with Crippen molar-refractivity contribution in [2.24, 2.45) is 7.05 Å². The Morgan fingerprint density at radius 1 is 1.21 bits per heavy atom. The standard InChI is InChI=1S/C15H11FN2O/c1-18-9-17-14-6-12(13(16)7-15(14)18)11-4-2-10(8-19)3-5-11/h2-9H,1H3. The highest BCUT2D eigenvalue weighted by molar-refractivity contribution is 5.83. The van der Waals surface area contributed by atoms with Crippen molar-refractivity contribution in [1.29, 1.82) is 0 Å². The van der Waals surface area contributed by atoms with Gasteiger partial charge in [-0.25, -0.2) is 9.37 Å². The Morgan fingerprint density at radius 3 is 2.63 bits per heavy atom. The van der Waals surface area contributed by atoms with E-state index in [-0.39, 0.29) is 5.82 Å². The molecule has 0 fully saturated rings. The van der Waals surface area contributed by atoms with Gasteiger partial charge in [0.25, 0.3) is 0 Å².